The monoisotopic (exact) mass is 903 g/mol. The molecule has 2 bridgehead atoms. The summed E-state index contributed by atoms with van der Waals surface area (Å²) in [6, 6.07) is 11.4. The first-order valence-corrected chi connectivity index (χ1v) is 24.3. The van der Waals surface area contributed by atoms with E-state index >= 15 is 0 Å². The minimum atomic E-state index is -3.75. The zero-order valence-corrected chi connectivity index (χ0v) is 37.9. The highest BCUT2D eigenvalue weighted by molar-refractivity contribution is 7.92. The third-order valence-corrected chi connectivity index (χ3v) is 16.4. The van der Waals surface area contributed by atoms with Gasteiger partial charge in [0.05, 0.1) is 56.4 Å². The van der Waals surface area contributed by atoms with Crippen LogP contribution < -0.4 is 19.1 Å². The minimum Gasteiger partial charge on any atom is -0.490 e. The van der Waals surface area contributed by atoms with E-state index in [-0.39, 0.29) is 58.9 Å². The molecule has 15 nitrogen and oxygen atoms in total. The molecule has 63 heavy (non-hydrogen) atoms. The predicted octanol–water partition coefficient (Wildman–Crippen LogP) is 4.79. The third kappa shape index (κ3) is 8.85. The van der Waals surface area contributed by atoms with Gasteiger partial charge in [0.2, 0.25) is 11.8 Å². The Balaban J connectivity index is 1.10. The summed E-state index contributed by atoms with van der Waals surface area (Å²) in [6.45, 7) is 7.42. The molecule has 7 atom stereocenters. The first-order chi connectivity index (χ1) is 30.2. The van der Waals surface area contributed by atoms with Crippen LogP contribution in [-0.2, 0) is 38.3 Å². The molecule has 2 saturated heterocycles. The number of ether oxygens (including phenoxy) is 3. The summed E-state index contributed by atoms with van der Waals surface area (Å²) in [5.74, 6) is -1.69. The van der Waals surface area contributed by atoms with Crippen molar-refractivity contribution in [2.24, 2.45) is 29.2 Å². The number of carbonyl (C=O) groups is 3. The minimum absolute atomic E-state index is 0.0140. The Kier molecular flexibility index (Phi) is 12.1. The first-order valence-electron chi connectivity index (χ1n) is 22.2. The summed E-state index contributed by atoms with van der Waals surface area (Å²) >= 11 is 6.52. The lowest BCUT2D eigenvalue weighted by molar-refractivity contribution is -0.145. The van der Waals surface area contributed by atoms with Crippen molar-refractivity contribution >= 4 is 44.9 Å². The van der Waals surface area contributed by atoms with Crippen molar-refractivity contribution in [3.8, 4) is 11.6 Å². The van der Waals surface area contributed by atoms with E-state index in [9.17, 15) is 23.7 Å². The van der Waals surface area contributed by atoms with Crippen LogP contribution in [0.2, 0.25) is 5.02 Å². The quantitative estimate of drug-likeness (QED) is 0.338. The van der Waals surface area contributed by atoms with Gasteiger partial charge < -0.3 is 29.1 Å². The van der Waals surface area contributed by atoms with Crippen molar-refractivity contribution < 1.29 is 37.9 Å². The van der Waals surface area contributed by atoms with E-state index in [0.29, 0.717) is 68.9 Å². The van der Waals surface area contributed by atoms with Crippen LogP contribution in [0, 0.1) is 17.8 Å². The topological polar surface area (TPSA) is 168 Å². The molecule has 17 heteroatoms. The molecule has 2 N–H and O–H groups in total. The number of carbonyl (C=O) groups excluding carboxylic acids is 3. The van der Waals surface area contributed by atoms with E-state index in [2.05, 4.69) is 36.1 Å². The number of aliphatic hydroxyl groups is 1. The maximum Gasteiger partial charge on any atom is 0.286 e. The van der Waals surface area contributed by atoms with Crippen molar-refractivity contribution in [3.63, 3.8) is 0 Å². The molecule has 5 heterocycles. The average molecular weight is 905 g/mol. The average Bonchev–Trinajstić information content (AvgIpc) is 3.56. The van der Waals surface area contributed by atoms with E-state index < -0.39 is 32.7 Å². The highest BCUT2D eigenvalue weighted by Crippen LogP contribution is 2.49. The Hall–Kier alpha value is -4.48. The molecule has 2 aromatic carbocycles. The third-order valence-electron chi connectivity index (χ3n) is 14.2. The van der Waals surface area contributed by atoms with Crippen molar-refractivity contribution in [2.45, 2.75) is 68.9 Å². The Morgan fingerprint density at radius 2 is 1.98 bits per heavy atom. The first kappa shape index (κ1) is 43.8. The normalized spacial score (nSPS) is 31.5. The number of methoxy groups -OCH3 is 1. The van der Waals surface area contributed by atoms with Crippen molar-refractivity contribution in [1.29, 1.82) is 0 Å². The van der Waals surface area contributed by atoms with Gasteiger partial charge in [-0.15, -0.1) is 9.46 Å². The fourth-order valence-electron chi connectivity index (χ4n) is 10.8. The maximum absolute atomic E-state index is 14.9. The molecular weight excluding hydrogens is 846 g/mol. The van der Waals surface area contributed by atoms with Crippen molar-refractivity contribution in [1.82, 2.24) is 24.3 Å². The second-order valence-corrected chi connectivity index (χ2v) is 21.0. The molecule has 3 aromatic rings. The number of anilines is 1. The van der Waals surface area contributed by atoms with Crippen LogP contribution in [0.1, 0.15) is 77.3 Å². The number of rotatable bonds is 5. The molecule has 1 spiro atoms. The lowest BCUT2D eigenvalue weighted by atomic mass is 9.63. The molecule has 2 unspecified atom stereocenters. The van der Waals surface area contributed by atoms with Crippen LogP contribution in [-0.4, -0.2) is 130 Å². The number of benzene rings is 2. The van der Waals surface area contributed by atoms with Gasteiger partial charge in [-0.05, 0) is 97.7 Å². The second kappa shape index (κ2) is 17.5. The fourth-order valence-corrected chi connectivity index (χ4v) is 12.9. The van der Waals surface area contributed by atoms with Gasteiger partial charge in [-0.2, -0.15) is 0 Å². The molecule has 338 valence electrons. The summed E-state index contributed by atoms with van der Waals surface area (Å²) in [4.78, 5) is 48.9. The summed E-state index contributed by atoms with van der Waals surface area (Å²) in [7, 11) is -0.734. The largest absolute Gasteiger partial charge is 0.490 e. The number of halogens is 1. The Morgan fingerprint density at radius 3 is 2.79 bits per heavy atom. The van der Waals surface area contributed by atoms with E-state index in [1.807, 2.05) is 24.0 Å². The number of piperazine rings is 1. The van der Waals surface area contributed by atoms with E-state index in [4.69, 9.17) is 25.8 Å². The van der Waals surface area contributed by atoms with Gasteiger partial charge in [0.25, 0.3) is 11.8 Å². The SMILES string of the molecule is COc1nn(C)cc1C(=O)NS1(=O)=NC(=O)c2ccc3c(c2)N(C[C@@H]2CC[C@H]2[C@@](O)(CC(=O)N2CCN4CCOCC4C2)/C=C/C[C@H](C)C1)C[C@@]1(CCCc2cc(Cl)ccc21)CO3. The number of aryl methyl sites for hydroxylation is 2. The van der Waals surface area contributed by atoms with Crippen LogP contribution in [0.25, 0.3) is 0 Å². The Bertz CT molecular complexity index is 2440. The van der Waals surface area contributed by atoms with Gasteiger partial charge in [0.1, 0.15) is 21.2 Å². The van der Waals surface area contributed by atoms with Crippen LogP contribution >= 0.6 is 11.6 Å². The van der Waals surface area contributed by atoms with Gasteiger partial charge in [-0.25, -0.2) is 4.21 Å². The number of amides is 3. The van der Waals surface area contributed by atoms with Crippen LogP contribution in [0.3, 0.4) is 0 Å². The second-order valence-electron chi connectivity index (χ2n) is 18.6. The molecule has 2 aliphatic carbocycles. The van der Waals surface area contributed by atoms with Crippen molar-refractivity contribution in [3.05, 3.63) is 82.0 Å². The molecule has 0 radical (unpaired) electrons. The number of hydrogen-bond acceptors (Lipinski definition) is 11. The number of nitrogens with one attached hydrogen (secondary N) is 1. The molecule has 3 amide bonds. The molecule has 1 saturated carbocycles. The Morgan fingerprint density at radius 1 is 1.13 bits per heavy atom. The highest BCUT2D eigenvalue weighted by Gasteiger charge is 2.49. The lowest BCUT2D eigenvalue weighted by Gasteiger charge is -2.50. The zero-order valence-electron chi connectivity index (χ0n) is 36.3. The molecular formula is C46H58ClN7O8S. The molecule has 1 aromatic heterocycles. The van der Waals surface area contributed by atoms with E-state index in [1.54, 1.807) is 31.3 Å². The van der Waals surface area contributed by atoms with Crippen LogP contribution in [0.5, 0.6) is 11.6 Å². The van der Waals surface area contributed by atoms with Gasteiger partial charge in [-0.1, -0.05) is 36.7 Å². The van der Waals surface area contributed by atoms with Gasteiger partial charge in [0.15, 0.2) is 0 Å². The van der Waals surface area contributed by atoms with Gasteiger partial charge in [0, 0.05) is 68.5 Å². The number of nitrogens with zero attached hydrogens (tertiary/aromatic N) is 6. The molecule has 6 aliphatic rings. The number of morpholine rings is 1. The van der Waals surface area contributed by atoms with E-state index in [0.717, 1.165) is 45.2 Å². The number of aromatic nitrogens is 2. The number of fused-ring (bicyclic) bond motifs is 5. The fraction of sp³-hybridized carbons (Fsp3) is 0.565. The highest BCUT2D eigenvalue weighted by atomic mass is 35.5. The lowest BCUT2D eigenvalue weighted by Crippen LogP contribution is -2.60. The number of allylic oxidation sites excluding steroid dienone is 1. The van der Waals surface area contributed by atoms with Crippen molar-refractivity contribution in [2.75, 3.05) is 76.9 Å². The zero-order chi connectivity index (χ0) is 44.1. The molecule has 3 fully saturated rings. The smallest absolute Gasteiger partial charge is 0.286 e. The summed E-state index contributed by atoms with van der Waals surface area (Å²) in [5, 5.41) is 17.8. The summed E-state index contributed by atoms with van der Waals surface area (Å²) in [5.41, 5.74) is 1.46. The number of hydrogen-bond donors (Lipinski definition) is 2. The molecule has 4 aliphatic heterocycles. The summed E-state index contributed by atoms with van der Waals surface area (Å²) in [6.07, 6.45) is 9.69. The van der Waals surface area contributed by atoms with Gasteiger partial charge in [-0.3, -0.25) is 28.7 Å². The standard InChI is InChI=1S/C46H58ClN7O8S/c1-30-6-4-15-46(58,22-41(55)53-17-16-52-18-19-61-26-35(52)24-53)38-11-8-33(38)23-54-28-45(14-5-7-31-20-34(47)10-12-37(31)45)29-62-40-13-9-32(21-39(40)54)42(56)49-63(59,27-30)50-43(57)36-25-51(2)48-44(36)60-3/h4,9-10,12-13,15,20-21,25,30,33,35,38,58H,5-8,11,14,16-19,22-24,26-29H2,1-3H3,(H,49,50,56,57,59)/b15-4+/t30-,33-,35?,38+,45-,46-,63?/m0/s1. The predicted molar refractivity (Wildman–Crippen MR) is 239 cm³/mol. The van der Waals surface area contributed by atoms with Crippen LogP contribution in [0.4, 0.5) is 5.69 Å². The van der Waals surface area contributed by atoms with Gasteiger partial charge >= 0.3 is 0 Å². The maximum atomic E-state index is 14.9. The van der Waals surface area contributed by atoms with Crippen LogP contribution in [0.15, 0.2) is 59.1 Å². The molecule has 9 rings (SSSR count). The van der Waals surface area contributed by atoms with E-state index in [1.165, 1.54) is 29.1 Å². The Labute approximate surface area is 374 Å². The summed E-state index contributed by atoms with van der Waals surface area (Å²) < 4.78 is 41.0.